The van der Waals surface area contributed by atoms with Crippen molar-refractivity contribution in [3.05, 3.63) is 61.6 Å². The molecule has 5 nitrogen and oxygen atoms in total. The standard InChI is InChI=1S/C15H15FN2O3S/c1-3-12(14-5-4-6-22-14)17-15(19)10-7-11(16)9(2)13(8-10)18(20)21/h4-8,12H,3H2,1-2H3,(H,17,19). The SMILES string of the molecule is CCC(NC(=O)c1cc(F)c(C)c([N+](=O)[O-])c1)c1cccs1. The average Bonchev–Trinajstić information content (AvgIpc) is 3.00. The van der Waals surface area contributed by atoms with Crippen molar-refractivity contribution < 1.29 is 14.1 Å². The van der Waals surface area contributed by atoms with Crippen molar-refractivity contribution in [2.45, 2.75) is 26.3 Å². The van der Waals surface area contributed by atoms with E-state index in [1.165, 1.54) is 18.3 Å². The van der Waals surface area contributed by atoms with E-state index in [0.29, 0.717) is 6.42 Å². The Labute approximate surface area is 130 Å². The highest BCUT2D eigenvalue weighted by atomic mass is 32.1. The zero-order valence-electron chi connectivity index (χ0n) is 12.1. The van der Waals surface area contributed by atoms with E-state index >= 15 is 0 Å². The Morgan fingerprint density at radius 1 is 1.50 bits per heavy atom. The number of nitrogens with one attached hydrogen (secondary N) is 1. The van der Waals surface area contributed by atoms with Gasteiger partial charge in [-0.05, 0) is 30.9 Å². The second kappa shape index (κ2) is 6.65. The van der Waals surface area contributed by atoms with Crippen LogP contribution in [0.4, 0.5) is 10.1 Å². The van der Waals surface area contributed by atoms with Crippen molar-refractivity contribution in [2.75, 3.05) is 0 Å². The van der Waals surface area contributed by atoms with Gasteiger partial charge in [0.1, 0.15) is 5.82 Å². The van der Waals surface area contributed by atoms with E-state index in [1.54, 1.807) is 0 Å². The lowest BCUT2D eigenvalue weighted by Gasteiger charge is -2.15. The normalized spacial score (nSPS) is 12.0. The summed E-state index contributed by atoms with van der Waals surface area (Å²) in [5, 5.41) is 15.6. The molecule has 2 rings (SSSR count). The quantitative estimate of drug-likeness (QED) is 0.668. The van der Waals surface area contributed by atoms with Crippen LogP contribution >= 0.6 is 11.3 Å². The van der Waals surface area contributed by atoms with E-state index in [0.717, 1.165) is 17.0 Å². The minimum atomic E-state index is -0.761. The van der Waals surface area contributed by atoms with Gasteiger partial charge in [-0.15, -0.1) is 11.3 Å². The van der Waals surface area contributed by atoms with Gasteiger partial charge in [0.05, 0.1) is 16.5 Å². The molecule has 1 aromatic carbocycles. The van der Waals surface area contributed by atoms with Gasteiger partial charge in [-0.2, -0.15) is 0 Å². The molecule has 0 aliphatic heterocycles. The number of carbonyl (C=O) groups excluding carboxylic acids is 1. The van der Waals surface area contributed by atoms with Gasteiger partial charge in [-0.25, -0.2) is 4.39 Å². The number of hydrogen-bond donors (Lipinski definition) is 1. The molecule has 0 radical (unpaired) electrons. The maximum absolute atomic E-state index is 13.8. The molecular weight excluding hydrogens is 307 g/mol. The molecule has 1 N–H and O–H groups in total. The molecule has 1 aromatic heterocycles. The molecule has 1 heterocycles. The number of carbonyl (C=O) groups is 1. The second-order valence-electron chi connectivity index (χ2n) is 4.81. The zero-order chi connectivity index (χ0) is 16.3. The van der Waals surface area contributed by atoms with E-state index < -0.39 is 22.3 Å². The molecule has 22 heavy (non-hydrogen) atoms. The summed E-state index contributed by atoms with van der Waals surface area (Å²) in [7, 11) is 0. The van der Waals surface area contributed by atoms with Crippen LogP contribution in [0.3, 0.4) is 0 Å². The number of nitrogens with zero attached hydrogens (tertiary/aromatic N) is 1. The Kier molecular flexibility index (Phi) is 4.87. The molecule has 0 spiro atoms. The van der Waals surface area contributed by atoms with Crippen molar-refractivity contribution in [3.8, 4) is 0 Å². The number of nitro groups is 1. The molecule has 0 fully saturated rings. The summed E-state index contributed by atoms with van der Waals surface area (Å²) in [4.78, 5) is 23.5. The summed E-state index contributed by atoms with van der Waals surface area (Å²) in [5.41, 5.74) is -0.522. The highest BCUT2D eigenvalue weighted by Gasteiger charge is 2.21. The number of halogens is 1. The van der Waals surface area contributed by atoms with Gasteiger partial charge in [-0.1, -0.05) is 13.0 Å². The molecule has 0 saturated heterocycles. The first-order chi connectivity index (χ1) is 10.4. The molecule has 116 valence electrons. The Hall–Kier alpha value is -2.28. The second-order valence-corrected chi connectivity index (χ2v) is 5.79. The van der Waals surface area contributed by atoms with Crippen molar-refractivity contribution in [1.29, 1.82) is 0 Å². The van der Waals surface area contributed by atoms with Gasteiger partial charge >= 0.3 is 0 Å². The third-order valence-electron chi connectivity index (χ3n) is 3.38. The first kappa shape index (κ1) is 16.1. The van der Waals surface area contributed by atoms with E-state index in [1.807, 2.05) is 24.4 Å². The van der Waals surface area contributed by atoms with Crippen LogP contribution in [0.15, 0.2) is 29.6 Å². The van der Waals surface area contributed by atoms with E-state index in [2.05, 4.69) is 5.32 Å². The smallest absolute Gasteiger partial charge is 0.276 e. The van der Waals surface area contributed by atoms with Gasteiger partial charge in [-0.3, -0.25) is 14.9 Å². The van der Waals surface area contributed by atoms with Gasteiger partial charge in [0.15, 0.2) is 0 Å². The number of benzene rings is 1. The van der Waals surface area contributed by atoms with Crippen LogP contribution in [-0.4, -0.2) is 10.8 Å². The van der Waals surface area contributed by atoms with Gasteiger partial charge in [0.25, 0.3) is 11.6 Å². The zero-order valence-corrected chi connectivity index (χ0v) is 12.9. The highest BCUT2D eigenvalue weighted by molar-refractivity contribution is 7.10. The Balaban J connectivity index is 2.28. The first-order valence-corrected chi connectivity index (χ1v) is 7.60. The average molecular weight is 322 g/mol. The summed E-state index contributed by atoms with van der Waals surface area (Å²) in [6, 6.07) is 5.71. The van der Waals surface area contributed by atoms with E-state index in [4.69, 9.17) is 0 Å². The number of rotatable bonds is 5. The van der Waals surface area contributed by atoms with Crippen LogP contribution in [0.25, 0.3) is 0 Å². The number of hydrogen-bond acceptors (Lipinski definition) is 4. The molecule has 7 heteroatoms. The predicted octanol–water partition coefficient (Wildman–Crippen LogP) is 3.98. The van der Waals surface area contributed by atoms with Crippen LogP contribution < -0.4 is 5.32 Å². The van der Waals surface area contributed by atoms with Crippen LogP contribution in [0.5, 0.6) is 0 Å². The predicted molar refractivity (Wildman–Crippen MR) is 82.6 cm³/mol. The largest absolute Gasteiger partial charge is 0.344 e. The maximum Gasteiger partial charge on any atom is 0.276 e. The number of amides is 1. The fraction of sp³-hybridized carbons (Fsp3) is 0.267. The maximum atomic E-state index is 13.8. The summed E-state index contributed by atoms with van der Waals surface area (Å²) >= 11 is 1.51. The summed E-state index contributed by atoms with van der Waals surface area (Å²) in [6.45, 7) is 3.23. The molecule has 0 aliphatic rings. The van der Waals surface area contributed by atoms with Crippen molar-refractivity contribution >= 4 is 22.9 Å². The van der Waals surface area contributed by atoms with Crippen molar-refractivity contribution in [2.24, 2.45) is 0 Å². The molecule has 0 saturated carbocycles. The minimum absolute atomic E-state index is 0.0511. The van der Waals surface area contributed by atoms with E-state index in [9.17, 15) is 19.3 Å². The summed E-state index contributed by atoms with van der Waals surface area (Å²) < 4.78 is 13.8. The molecule has 1 unspecified atom stereocenters. The van der Waals surface area contributed by atoms with Gasteiger partial charge < -0.3 is 5.32 Å². The Morgan fingerprint density at radius 3 is 2.77 bits per heavy atom. The molecule has 1 atom stereocenters. The summed E-state index contributed by atoms with van der Waals surface area (Å²) in [5.74, 6) is -1.29. The third-order valence-corrected chi connectivity index (χ3v) is 4.36. The van der Waals surface area contributed by atoms with Crippen LogP contribution in [0.2, 0.25) is 0 Å². The fourth-order valence-corrected chi connectivity index (χ4v) is 2.95. The van der Waals surface area contributed by atoms with Gasteiger partial charge in [0, 0.05) is 16.5 Å². The molecule has 1 amide bonds. The molecule has 2 aromatic rings. The molecule has 0 bridgehead atoms. The van der Waals surface area contributed by atoms with E-state index in [-0.39, 0.29) is 17.2 Å². The highest BCUT2D eigenvalue weighted by Crippen LogP contribution is 2.25. The topological polar surface area (TPSA) is 72.2 Å². The third kappa shape index (κ3) is 3.30. The lowest BCUT2D eigenvalue weighted by molar-refractivity contribution is -0.385. The van der Waals surface area contributed by atoms with Crippen LogP contribution in [0.1, 0.15) is 40.2 Å². The van der Waals surface area contributed by atoms with Crippen molar-refractivity contribution in [1.82, 2.24) is 5.32 Å². The lowest BCUT2D eigenvalue weighted by atomic mass is 10.1. The minimum Gasteiger partial charge on any atom is -0.344 e. The Morgan fingerprint density at radius 2 is 2.23 bits per heavy atom. The van der Waals surface area contributed by atoms with Gasteiger partial charge in [0.2, 0.25) is 0 Å². The summed E-state index contributed by atoms with van der Waals surface area (Å²) in [6.07, 6.45) is 0.669. The molecule has 0 aliphatic carbocycles. The monoisotopic (exact) mass is 322 g/mol. The first-order valence-electron chi connectivity index (χ1n) is 6.72. The number of thiophene rings is 1. The van der Waals surface area contributed by atoms with Crippen LogP contribution in [-0.2, 0) is 0 Å². The van der Waals surface area contributed by atoms with Crippen molar-refractivity contribution in [3.63, 3.8) is 0 Å². The van der Waals surface area contributed by atoms with Crippen LogP contribution in [0, 0.1) is 22.9 Å². The molecular formula is C15H15FN2O3S. The number of nitro benzene ring substituents is 1. The lowest BCUT2D eigenvalue weighted by Crippen LogP contribution is -2.27. The Bertz CT molecular complexity index is 701. The fourth-order valence-electron chi connectivity index (χ4n) is 2.09.